The number of alkyl halides is 2. The van der Waals surface area contributed by atoms with Crippen molar-refractivity contribution in [3.63, 3.8) is 0 Å². The zero-order chi connectivity index (χ0) is 7.56. The van der Waals surface area contributed by atoms with Crippen LogP contribution in [0.5, 0.6) is 0 Å². The van der Waals surface area contributed by atoms with Gasteiger partial charge in [0.1, 0.15) is 4.84 Å². The summed E-state index contributed by atoms with van der Waals surface area (Å²) >= 11 is 11.3. The van der Waals surface area contributed by atoms with E-state index < -0.39 is 4.84 Å². The van der Waals surface area contributed by atoms with Crippen LogP contribution in [-0.2, 0) is 0 Å². The summed E-state index contributed by atoms with van der Waals surface area (Å²) in [5.74, 6) is 0. The lowest BCUT2D eigenvalue weighted by atomic mass is 10.2. The van der Waals surface area contributed by atoms with Crippen molar-refractivity contribution in [3.05, 3.63) is 29.8 Å². The Morgan fingerprint density at radius 3 is 2.20 bits per heavy atom. The molecule has 3 heteroatoms. The van der Waals surface area contributed by atoms with Gasteiger partial charge in [-0.05, 0) is 10.9 Å². The fraction of sp³-hybridized carbons (Fsp3) is 0.143. The van der Waals surface area contributed by atoms with Gasteiger partial charge in [-0.3, -0.25) is 0 Å². The number of hydrogen-bond donors (Lipinski definition) is 0. The summed E-state index contributed by atoms with van der Waals surface area (Å²) in [4.78, 5) is -0.423. The minimum Gasteiger partial charge on any atom is -0.105 e. The zero-order valence-electron chi connectivity index (χ0n) is 5.22. The lowest BCUT2D eigenvalue weighted by molar-refractivity contribution is 1.38. The maximum atomic E-state index is 5.66. The van der Waals surface area contributed by atoms with Gasteiger partial charge in [-0.15, -0.1) is 32.4 Å². The first-order valence-electron chi connectivity index (χ1n) is 2.84. The molecule has 0 bridgehead atoms. The Hall–Kier alpha value is 0.230. The Labute approximate surface area is 72.7 Å². The van der Waals surface area contributed by atoms with Crippen LogP contribution in [0.4, 0.5) is 0 Å². The summed E-state index contributed by atoms with van der Waals surface area (Å²) in [5.41, 5.74) is 0.954. The predicted octanol–water partition coefficient (Wildman–Crippen LogP) is 2.66. The molecule has 1 unspecified atom stereocenters. The average Bonchev–Trinajstić information content (AvgIpc) is 1.88. The number of hydrogen-bond acceptors (Lipinski definition) is 0. The van der Waals surface area contributed by atoms with E-state index in [0.717, 1.165) is 10.9 Å². The SMILES string of the molecule is Pc1ccccc1C(Cl)Cl. The van der Waals surface area contributed by atoms with E-state index in [9.17, 15) is 0 Å². The molecule has 1 atom stereocenters. The minimum absolute atomic E-state index is 0.423. The van der Waals surface area contributed by atoms with Crippen LogP contribution in [0.25, 0.3) is 0 Å². The third kappa shape index (κ3) is 1.85. The van der Waals surface area contributed by atoms with Gasteiger partial charge in [0.25, 0.3) is 0 Å². The van der Waals surface area contributed by atoms with Crippen LogP contribution in [-0.4, -0.2) is 0 Å². The van der Waals surface area contributed by atoms with Crippen molar-refractivity contribution in [1.82, 2.24) is 0 Å². The van der Waals surface area contributed by atoms with E-state index in [1.165, 1.54) is 0 Å². The lowest BCUT2D eigenvalue weighted by Crippen LogP contribution is -1.98. The van der Waals surface area contributed by atoms with Crippen molar-refractivity contribution in [1.29, 1.82) is 0 Å². The quantitative estimate of drug-likeness (QED) is 0.475. The van der Waals surface area contributed by atoms with Crippen LogP contribution in [0.3, 0.4) is 0 Å². The molecule has 0 saturated carbocycles. The highest BCUT2D eigenvalue weighted by atomic mass is 35.5. The van der Waals surface area contributed by atoms with Gasteiger partial charge < -0.3 is 0 Å². The Morgan fingerprint density at radius 1 is 1.20 bits per heavy atom. The third-order valence-electron chi connectivity index (χ3n) is 1.23. The molecular weight excluding hydrogens is 186 g/mol. The maximum Gasteiger partial charge on any atom is 0.133 e. The summed E-state index contributed by atoms with van der Waals surface area (Å²) in [7, 11) is 2.59. The normalized spacial score (nSPS) is 10.4. The molecule has 0 nitrogen and oxygen atoms in total. The van der Waals surface area contributed by atoms with E-state index in [0.29, 0.717) is 0 Å². The molecule has 1 aromatic carbocycles. The fourth-order valence-electron chi connectivity index (χ4n) is 0.710. The lowest BCUT2D eigenvalue weighted by Gasteiger charge is -2.03. The van der Waals surface area contributed by atoms with Gasteiger partial charge in [0, 0.05) is 0 Å². The summed E-state index contributed by atoms with van der Waals surface area (Å²) in [5, 5.41) is 1.05. The van der Waals surface area contributed by atoms with Crippen LogP contribution >= 0.6 is 32.4 Å². The molecule has 54 valence electrons. The molecule has 0 aliphatic heterocycles. The molecule has 1 aromatic rings. The fourth-order valence-corrected chi connectivity index (χ4v) is 1.69. The van der Waals surface area contributed by atoms with Gasteiger partial charge >= 0.3 is 0 Å². The molecular formula is C7H7Cl2P. The smallest absolute Gasteiger partial charge is 0.105 e. The molecule has 0 N–H and O–H groups in total. The molecule has 0 spiro atoms. The van der Waals surface area contributed by atoms with Gasteiger partial charge in [-0.25, -0.2) is 0 Å². The second kappa shape index (κ2) is 3.57. The molecule has 0 aliphatic rings. The summed E-state index contributed by atoms with van der Waals surface area (Å²) in [6.45, 7) is 0. The largest absolute Gasteiger partial charge is 0.133 e. The van der Waals surface area contributed by atoms with E-state index in [2.05, 4.69) is 9.24 Å². The second-order valence-electron chi connectivity index (χ2n) is 1.93. The summed E-state index contributed by atoms with van der Waals surface area (Å²) < 4.78 is 0. The first-order valence-corrected chi connectivity index (χ1v) is 4.29. The average molecular weight is 193 g/mol. The molecule has 0 aromatic heterocycles. The molecule has 0 amide bonds. The maximum absolute atomic E-state index is 5.66. The first kappa shape index (κ1) is 8.33. The second-order valence-corrected chi connectivity index (χ2v) is 3.65. The minimum atomic E-state index is -0.423. The Morgan fingerprint density at radius 2 is 1.80 bits per heavy atom. The molecule has 10 heavy (non-hydrogen) atoms. The highest BCUT2D eigenvalue weighted by molar-refractivity contribution is 7.27. The van der Waals surface area contributed by atoms with E-state index in [1.807, 2.05) is 24.3 Å². The van der Waals surface area contributed by atoms with Crippen LogP contribution in [0, 0.1) is 0 Å². The van der Waals surface area contributed by atoms with Gasteiger partial charge in [-0.2, -0.15) is 0 Å². The van der Waals surface area contributed by atoms with Gasteiger partial charge in [0.2, 0.25) is 0 Å². The van der Waals surface area contributed by atoms with Crippen molar-refractivity contribution < 1.29 is 0 Å². The Kier molecular flexibility index (Phi) is 2.97. The standard InChI is InChI=1S/C7H7Cl2P/c8-7(9)5-3-1-2-4-6(5)10/h1-4,7H,10H2. The number of rotatable bonds is 1. The van der Waals surface area contributed by atoms with Crippen LogP contribution in [0.2, 0.25) is 0 Å². The van der Waals surface area contributed by atoms with Crippen LogP contribution in [0.1, 0.15) is 10.4 Å². The predicted molar refractivity (Wildman–Crippen MR) is 50.2 cm³/mol. The highest BCUT2D eigenvalue weighted by Gasteiger charge is 2.04. The van der Waals surface area contributed by atoms with Crippen molar-refractivity contribution >= 4 is 37.7 Å². The van der Waals surface area contributed by atoms with Crippen molar-refractivity contribution in [3.8, 4) is 0 Å². The molecule has 0 saturated heterocycles. The van der Waals surface area contributed by atoms with E-state index in [-0.39, 0.29) is 0 Å². The topological polar surface area (TPSA) is 0 Å². The monoisotopic (exact) mass is 192 g/mol. The van der Waals surface area contributed by atoms with Gasteiger partial charge in [0.15, 0.2) is 0 Å². The molecule has 0 radical (unpaired) electrons. The Balaban J connectivity index is 3.03. The highest BCUT2D eigenvalue weighted by Crippen LogP contribution is 2.23. The zero-order valence-corrected chi connectivity index (χ0v) is 7.89. The number of halogens is 2. The van der Waals surface area contributed by atoms with Gasteiger partial charge in [0.05, 0.1) is 0 Å². The van der Waals surface area contributed by atoms with Gasteiger partial charge in [-0.1, -0.05) is 24.3 Å². The first-order chi connectivity index (χ1) is 4.72. The van der Waals surface area contributed by atoms with Crippen molar-refractivity contribution in [2.45, 2.75) is 4.84 Å². The van der Waals surface area contributed by atoms with Crippen molar-refractivity contribution in [2.75, 3.05) is 0 Å². The molecule has 1 rings (SSSR count). The van der Waals surface area contributed by atoms with E-state index >= 15 is 0 Å². The van der Waals surface area contributed by atoms with Crippen LogP contribution in [0.15, 0.2) is 24.3 Å². The van der Waals surface area contributed by atoms with E-state index in [1.54, 1.807) is 0 Å². The molecule has 0 fully saturated rings. The summed E-state index contributed by atoms with van der Waals surface area (Å²) in [6, 6.07) is 7.73. The third-order valence-corrected chi connectivity index (χ3v) is 2.23. The van der Waals surface area contributed by atoms with Crippen molar-refractivity contribution in [2.24, 2.45) is 0 Å². The van der Waals surface area contributed by atoms with Crippen LogP contribution < -0.4 is 5.30 Å². The summed E-state index contributed by atoms with van der Waals surface area (Å²) in [6.07, 6.45) is 0. The molecule has 0 aliphatic carbocycles. The Bertz CT molecular complexity index is 223. The van der Waals surface area contributed by atoms with E-state index in [4.69, 9.17) is 23.2 Å². The number of benzene rings is 1. The molecule has 0 heterocycles.